The fraction of sp³-hybridized carbons (Fsp3) is 0.923. The molecule has 1 unspecified atom stereocenters. The van der Waals surface area contributed by atoms with Gasteiger partial charge in [0.2, 0.25) is 0 Å². The van der Waals surface area contributed by atoms with Crippen LogP contribution in [0.5, 0.6) is 0 Å². The van der Waals surface area contributed by atoms with Gasteiger partial charge in [0, 0.05) is 6.54 Å². The molecule has 3 heteroatoms. The number of hydrogen-bond acceptors (Lipinski definition) is 3. The first-order valence-corrected chi connectivity index (χ1v) is 6.54. The third kappa shape index (κ3) is 4.52. The zero-order chi connectivity index (χ0) is 12.4. The molecule has 0 amide bonds. The second-order valence-corrected chi connectivity index (χ2v) is 4.37. The molecule has 0 aliphatic heterocycles. The Hall–Kier alpha value is -0.570. The molecule has 0 aromatic rings. The number of nitrogens with two attached hydrogens (primary N) is 1. The highest BCUT2D eigenvalue weighted by molar-refractivity contribution is 5.77. The van der Waals surface area contributed by atoms with E-state index < -0.39 is 5.41 Å². The van der Waals surface area contributed by atoms with Crippen LogP contribution in [0.3, 0.4) is 0 Å². The van der Waals surface area contributed by atoms with Crippen molar-refractivity contribution >= 4 is 5.97 Å². The highest BCUT2D eigenvalue weighted by atomic mass is 16.5. The smallest absolute Gasteiger partial charge is 0.313 e. The minimum Gasteiger partial charge on any atom is -0.466 e. The summed E-state index contributed by atoms with van der Waals surface area (Å²) in [6, 6.07) is 0. The van der Waals surface area contributed by atoms with E-state index >= 15 is 0 Å². The standard InChI is InChI=1S/C13H27NO2/c1-4-7-8-9-10-13(5-2,11-14)12(15)16-6-3/h4-11,14H2,1-3H3. The fourth-order valence-electron chi connectivity index (χ4n) is 1.93. The normalized spacial score (nSPS) is 14.5. The predicted octanol–water partition coefficient (Wildman–Crippen LogP) is 2.88. The molecule has 0 rings (SSSR count). The van der Waals surface area contributed by atoms with Gasteiger partial charge >= 0.3 is 5.97 Å². The molecule has 96 valence electrons. The van der Waals surface area contributed by atoms with Gasteiger partial charge < -0.3 is 10.5 Å². The quantitative estimate of drug-likeness (QED) is 0.488. The van der Waals surface area contributed by atoms with E-state index in [1.807, 2.05) is 13.8 Å². The molecule has 0 aromatic heterocycles. The molecule has 2 N–H and O–H groups in total. The average Bonchev–Trinajstić information content (AvgIpc) is 2.30. The van der Waals surface area contributed by atoms with Gasteiger partial charge in [0.05, 0.1) is 12.0 Å². The third-order valence-corrected chi connectivity index (χ3v) is 3.28. The Morgan fingerprint density at radius 2 is 1.88 bits per heavy atom. The van der Waals surface area contributed by atoms with E-state index in [4.69, 9.17) is 10.5 Å². The minimum atomic E-state index is -0.441. The Morgan fingerprint density at radius 1 is 1.19 bits per heavy atom. The topological polar surface area (TPSA) is 52.3 Å². The van der Waals surface area contributed by atoms with Crippen molar-refractivity contribution in [3.05, 3.63) is 0 Å². The molecule has 0 aromatic carbocycles. The first kappa shape index (κ1) is 15.4. The second-order valence-electron chi connectivity index (χ2n) is 4.37. The van der Waals surface area contributed by atoms with E-state index in [0.29, 0.717) is 13.2 Å². The molecule has 0 aliphatic carbocycles. The first-order chi connectivity index (χ1) is 7.66. The highest BCUT2D eigenvalue weighted by Gasteiger charge is 2.35. The molecule has 0 fully saturated rings. The van der Waals surface area contributed by atoms with Crippen LogP contribution in [0.2, 0.25) is 0 Å². The molecule has 0 aliphatic rings. The maximum atomic E-state index is 11.9. The lowest BCUT2D eigenvalue weighted by atomic mass is 9.80. The van der Waals surface area contributed by atoms with Crippen molar-refractivity contribution in [2.45, 2.75) is 59.3 Å². The molecule has 0 saturated heterocycles. The fourth-order valence-corrected chi connectivity index (χ4v) is 1.93. The summed E-state index contributed by atoms with van der Waals surface area (Å²) in [5, 5.41) is 0. The van der Waals surface area contributed by atoms with E-state index in [1.54, 1.807) is 0 Å². The van der Waals surface area contributed by atoms with E-state index in [2.05, 4.69) is 6.92 Å². The Bertz CT molecular complexity index is 188. The van der Waals surface area contributed by atoms with Gasteiger partial charge in [-0.1, -0.05) is 39.5 Å². The van der Waals surface area contributed by atoms with Gasteiger partial charge in [0.15, 0.2) is 0 Å². The van der Waals surface area contributed by atoms with Gasteiger partial charge in [-0.15, -0.1) is 0 Å². The summed E-state index contributed by atoms with van der Waals surface area (Å²) >= 11 is 0. The number of ether oxygens (including phenoxy) is 1. The van der Waals surface area contributed by atoms with Gasteiger partial charge in [-0.05, 0) is 19.8 Å². The van der Waals surface area contributed by atoms with Crippen LogP contribution in [0.15, 0.2) is 0 Å². The van der Waals surface area contributed by atoms with E-state index in [-0.39, 0.29) is 5.97 Å². The van der Waals surface area contributed by atoms with Crippen LogP contribution in [-0.2, 0) is 9.53 Å². The summed E-state index contributed by atoms with van der Waals surface area (Å²) in [6.07, 6.45) is 6.32. The van der Waals surface area contributed by atoms with Crippen LogP contribution in [0.4, 0.5) is 0 Å². The molecule has 1 atom stereocenters. The molecular formula is C13H27NO2. The van der Waals surface area contributed by atoms with Crippen LogP contribution >= 0.6 is 0 Å². The van der Waals surface area contributed by atoms with E-state index in [0.717, 1.165) is 19.3 Å². The molecule has 0 spiro atoms. The van der Waals surface area contributed by atoms with Crippen molar-refractivity contribution in [2.24, 2.45) is 11.1 Å². The molecular weight excluding hydrogens is 202 g/mol. The Labute approximate surface area is 99.7 Å². The van der Waals surface area contributed by atoms with Gasteiger partial charge in [0.25, 0.3) is 0 Å². The predicted molar refractivity (Wildman–Crippen MR) is 67.2 cm³/mol. The lowest BCUT2D eigenvalue weighted by molar-refractivity contribution is -0.155. The molecule has 3 nitrogen and oxygen atoms in total. The Kier molecular flexibility index (Phi) is 8.26. The molecule has 0 bridgehead atoms. The lowest BCUT2D eigenvalue weighted by Crippen LogP contribution is -2.39. The molecule has 0 heterocycles. The van der Waals surface area contributed by atoms with Crippen molar-refractivity contribution in [3.8, 4) is 0 Å². The maximum absolute atomic E-state index is 11.9. The average molecular weight is 229 g/mol. The van der Waals surface area contributed by atoms with Crippen LogP contribution in [0.1, 0.15) is 59.3 Å². The van der Waals surface area contributed by atoms with Gasteiger partial charge in [-0.2, -0.15) is 0 Å². The Balaban J connectivity index is 4.26. The number of esters is 1. The summed E-state index contributed by atoms with van der Waals surface area (Å²) in [4.78, 5) is 11.9. The molecule has 0 radical (unpaired) electrons. The maximum Gasteiger partial charge on any atom is 0.313 e. The Morgan fingerprint density at radius 3 is 2.31 bits per heavy atom. The van der Waals surface area contributed by atoms with Crippen LogP contribution < -0.4 is 5.73 Å². The molecule has 16 heavy (non-hydrogen) atoms. The van der Waals surface area contributed by atoms with Gasteiger partial charge in [-0.25, -0.2) is 0 Å². The summed E-state index contributed by atoms with van der Waals surface area (Å²) in [5.74, 6) is -0.114. The second kappa shape index (κ2) is 8.57. The minimum absolute atomic E-state index is 0.114. The monoisotopic (exact) mass is 229 g/mol. The van der Waals surface area contributed by atoms with Crippen LogP contribution in [-0.4, -0.2) is 19.1 Å². The van der Waals surface area contributed by atoms with Crippen LogP contribution in [0.25, 0.3) is 0 Å². The summed E-state index contributed by atoms with van der Waals surface area (Å²) in [7, 11) is 0. The molecule has 0 saturated carbocycles. The number of rotatable bonds is 9. The summed E-state index contributed by atoms with van der Waals surface area (Å²) in [6.45, 7) is 6.88. The largest absolute Gasteiger partial charge is 0.466 e. The summed E-state index contributed by atoms with van der Waals surface area (Å²) < 4.78 is 5.13. The van der Waals surface area contributed by atoms with Gasteiger partial charge in [0.1, 0.15) is 0 Å². The number of carbonyl (C=O) groups is 1. The zero-order valence-corrected chi connectivity index (χ0v) is 11.1. The number of hydrogen-bond donors (Lipinski definition) is 1. The SMILES string of the molecule is CCCCCCC(CC)(CN)C(=O)OCC. The highest BCUT2D eigenvalue weighted by Crippen LogP contribution is 2.29. The van der Waals surface area contributed by atoms with Gasteiger partial charge in [-0.3, -0.25) is 4.79 Å². The summed E-state index contributed by atoms with van der Waals surface area (Å²) in [5.41, 5.74) is 5.32. The third-order valence-electron chi connectivity index (χ3n) is 3.28. The lowest BCUT2D eigenvalue weighted by Gasteiger charge is -2.28. The van der Waals surface area contributed by atoms with E-state index in [9.17, 15) is 4.79 Å². The van der Waals surface area contributed by atoms with E-state index in [1.165, 1.54) is 19.3 Å². The van der Waals surface area contributed by atoms with Crippen LogP contribution in [0, 0.1) is 5.41 Å². The van der Waals surface area contributed by atoms with Crippen molar-refractivity contribution in [1.82, 2.24) is 0 Å². The van der Waals surface area contributed by atoms with Crippen molar-refractivity contribution in [2.75, 3.05) is 13.2 Å². The number of carbonyl (C=O) groups excluding carboxylic acids is 1. The number of unbranched alkanes of at least 4 members (excludes halogenated alkanes) is 3. The van der Waals surface area contributed by atoms with Crippen molar-refractivity contribution in [3.63, 3.8) is 0 Å². The zero-order valence-electron chi connectivity index (χ0n) is 11.1. The van der Waals surface area contributed by atoms with Crippen molar-refractivity contribution in [1.29, 1.82) is 0 Å². The van der Waals surface area contributed by atoms with Crippen molar-refractivity contribution < 1.29 is 9.53 Å². The first-order valence-electron chi connectivity index (χ1n) is 6.54.